The van der Waals surface area contributed by atoms with Crippen molar-refractivity contribution >= 4 is 52.8 Å². The van der Waals surface area contributed by atoms with Crippen LogP contribution in [0.2, 0.25) is 10.0 Å². The second kappa shape index (κ2) is 12.0. The summed E-state index contributed by atoms with van der Waals surface area (Å²) in [5.41, 5.74) is 2.82. The van der Waals surface area contributed by atoms with Gasteiger partial charge in [-0.05, 0) is 61.4 Å². The van der Waals surface area contributed by atoms with Crippen LogP contribution in [0.1, 0.15) is 23.6 Å². The molecule has 1 heterocycles. The molecule has 4 amide bonds. The fourth-order valence-corrected chi connectivity index (χ4v) is 4.25. The Morgan fingerprint density at radius 2 is 1.82 bits per heavy atom. The molecule has 0 saturated carbocycles. The van der Waals surface area contributed by atoms with Crippen LogP contribution in [0, 0.1) is 6.92 Å². The number of nitrogens with zero attached hydrogens (tertiary/aromatic N) is 1. The van der Waals surface area contributed by atoms with Crippen molar-refractivity contribution in [3.63, 3.8) is 0 Å². The van der Waals surface area contributed by atoms with Gasteiger partial charge in [-0.3, -0.25) is 9.59 Å². The minimum absolute atomic E-state index is 0.00149. The first kappa shape index (κ1) is 27.0. The zero-order valence-corrected chi connectivity index (χ0v) is 22.2. The molecule has 0 radical (unpaired) electrons. The van der Waals surface area contributed by atoms with Crippen LogP contribution in [0.15, 0.2) is 66.4 Å². The van der Waals surface area contributed by atoms with E-state index in [-0.39, 0.29) is 17.3 Å². The maximum absolute atomic E-state index is 12.9. The number of rotatable bonds is 9. The lowest BCUT2D eigenvalue weighted by molar-refractivity contribution is -0.127. The molecule has 1 fully saturated rings. The molecular weight excluding hydrogens is 529 g/mol. The fraction of sp³-hybridized carbons (Fsp3) is 0.179. The number of imide groups is 1. The zero-order chi connectivity index (χ0) is 27.2. The molecule has 10 heteroatoms. The fourth-order valence-electron chi connectivity index (χ4n) is 3.79. The van der Waals surface area contributed by atoms with Gasteiger partial charge in [-0.2, -0.15) is 0 Å². The smallest absolute Gasteiger partial charge is 0.329 e. The van der Waals surface area contributed by atoms with Crippen molar-refractivity contribution in [2.75, 3.05) is 18.5 Å². The van der Waals surface area contributed by atoms with E-state index >= 15 is 0 Å². The maximum Gasteiger partial charge on any atom is 0.329 e. The largest absolute Gasteiger partial charge is 0.490 e. The first-order valence-corrected chi connectivity index (χ1v) is 12.5. The number of carbonyl (C=O) groups excluding carboxylic acids is 3. The molecule has 0 atom stereocenters. The van der Waals surface area contributed by atoms with Gasteiger partial charge in [0.05, 0.1) is 11.6 Å². The second-order valence-corrected chi connectivity index (χ2v) is 9.25. The number of amides is 4. The summed E-state index contributed by atoms with van der Waals surface area (Å²) in [6, 6.07) is 17.0. The Balaban J connectivity index is 1.50. The minimum Gasteiger partial charge on any atom is -0.490 e. The van der Waals surface area contributed by atoms with Gasteiger partial charge in [-0.25, -0.2) is 9.69 Å². The van der Waals surface area contributed by atoms with Crippen LogP contribution in [0.5, 0.6) is 11.5 Å². The molecule has 196 valence electrons. The topological polar surface area (TPSA) is 97.0 Å². The van der Waals surface area contributed by atoms with Crippen LogP contribution in [-0.4, -0.2) is 35.9 Å². The van der Waals surface area contributed by atoms with E-state index in [4.69, 9.17) is 32.7 Å². The van der Waals surface area contributed by atoms with Gasteiger partial charge in [0.15, 0.2) is 11.5 Å². The number of hydrogen-bond donors (Lipinski definition) is 2. The number of nitrogens with one attached hydrogen (secondary N) is 2. The Kier molecular flexibility index (Phi) is 8.55. The number of hydrogen-bond acceptors (Lipinski definition) is 5. The molecule has 3 aromatic rings. The molecule has 1 saturated heterocycles. The van der Waals surface area contributed by atoms with Crippen LogP contribution in [0.4, 0.5) is 10.5 Å². The van der Waals surface area contributed by atoms with Crippen molar-refractivity contribution in [2.45, 2.75) is 20.5 Å². The van der Waals surface area contributed by atoms with E-state index in [1.54, 1.807) is 36.4 Å². The molecule has 38 heavy (non-hydrogen) atoms. The number of urea groups is 1. The Bertz CT molecular complexity index is 1420. The molecule has 0 aliphatic carbocycles. The quantitative estimate of drug-likeness (QED) is 0.257. The van der Waals surface area contributed by atoms with Gasteiger partial charge in [-0.1, -0.05) is 53.5 Å². The van der Waals surface area contributed by atoms with E-state index in [1.165, 1.54) is 6.08 Å². The molecule has 0 unspecified atom stereocenters. The summed E-state index contributed by atoms with van der Waals surface area (Å²) in [4.78, 5) is 38.7. The van der Waals surface area contributed by atoms with Gasteiger partial charge in [0.1, 0.15) is 18.8 Å². The highest BCUT2D eigenvalue weighted by molar-refractivity contribution is 6.32. The van der Waals surface area contributed by atoms with E-state index < -0.39 is 24.4 Å². The Morgan fingerprint density at radius 1 is 1.03 bits per heavy atom. The van der Waals surface area contributed by atoms with Gasteiger partial charge >= 0.3 is 6.03 Å². The van der Waals surface area contributed by atoms with Gasteiger partial charge in [-0.15, -0.1) is 0 Å². The Morgan fingerprint density at radius 3 is 2.55 bits per heavy atom. The van der Waals surface area contributed by atoms with E-state index in [0.29, 0.717) is 34.4 Å². The maximum atomic E-state index is 12.9. The van der Waals surface area contributed by atoms with Gasteiger partial charge in [0.2, 0.25) is 5.91 Å². The third kappa shape index (κ3) is 6.45. The Hall–Kier alpha value is -4.01. The summed E-state index contributed by atoms with van der Waals surface area (Å²) in [5, 5.41) is 6.01. The molecule has 2 N–H and O–H groups in total. The van der Waals surface area contributed by atoms with Crippen LogP contribution in [-0.2, 0) is 16.2 Å². The summed E-state index contributed by atoms with van der Waals surface area (Å²) in [6.45, 7) is 3.80. The molecule has 4 rings (SSSR count). The van der Waals surface area contributed by atoms with E-state index in [9.17, 15) is 14.4 Å². The molecular formula is C28H25Cl2N3O5. The number of aryl methyl sites for hydroxylation is 1. The number of ether oxygens (including phenoxy) is 2. The van der Waals surface area contributed by atoms with Crippen molar-refractivity contribution in [1.29, 1.82) is 0 Å². The number of halogens is 2. The van der Waals surface area contributed by atoms with E-state index in [2.05, 4.69) is 10.6 Å². The summed E-state index contributed by atoms with van der Waals surface area (Å²) in [6.07, 6.45) is 1.46. The lowest BCUT2D eigenvalue weighted by Gasteiger charge is -2.15. The third-order valence-corrected chi connectivity index (χ3v) is 6.19. The van der Waals surface area contributed by atoms with Crippen molar-refractivity contribution < 1.29 is 23.9 Å². The highest BCUT2D eigenvalue weighted by Crippen LogP contribution is 2.38. The molecule has 1 aliphatic heterocycles. The molecule has 1 aliphatic rings. The zero-order valence-electron chi connectivity index (χ0n) is 20.7. The SMILES string of the molecule is CCOc1cc(/C=C2/NC(=O)N(CC(=O)Nc3cccc(C)c3)C2=O)cc(Cl)c1OCc1ccccc1Cl. The van der Waals surface area contributed by atoms with Gasteiger partial charge < -0.3 is 20.1 Å². The summed E-state index contributed by atoms with van der Waals surface area (Å²) in [5.74, 6) is -0.443. The highest BCUT2D eigenvalue weighted by atomic mass is 35.5. The summed E-state index contributed by atoms with van der Waals surface area (Å²) >= 11 is 12.7. The molecule has 8 nitrogen and oxygen atoms in total. The van der Waals surface area contributed by atoms with E-state index in [0.717, 1.165) is 16.0 Å². The van der Waals surface area contributed by atoms with Crippen molar-refractivity contribution in [3.05, 3.63) is 93.1 Å². The minimum atomic E-state index is -0.698. The van der Waals surface area contributed by atoms with Gasteiger partial charge in [0, 0.05) is 16.3 Å². The van der Waals surface area contributed by atoms with Crippen molar-refractivity contribution in [1.82, 2.24) is 10.2 Å². The molecule has 0 bridgehead atoms. The van der Waals surface area contributed by atoms with Crippen LogP contribution in [0.25, 0.3) is 6.08 Å². The predicted molar refractivity (Wildman–Crippen MR) is 146 cm³/mol. The number of carbonyl (C=O) groups is 3. The first-order valence-electron chi connectivity index (χ1n) is 11.8. The monoisotopic (exact) mass is 553 g/mol. The Labute approximate surface area is 230 Å². The third-order valence-electron chi connectivity index (χ3n) is 5.54. The van der Waals surface area contributed by atoms with Crippen LogP contribution >= 0.6 is 23.2 Å². The van der Waals surface area contributed by atoms with E-state index in [1.807, 2.05) is 38.1 Å². The molecule has 3 aromatic carbocycles. The average Bonchev–Trinajstić information content (AvgIpc) is 3.12. The van der Waals surface area contributed by atoms with Gasteiger partial charge in [0.25, 0.3) is 5.91 Å². The normalized spacial score (nSPS) is 14.0. The summed E-state index contributed by atoms with van der Waals surface area (Å²) in [7, 11) is 0. The van der Waals surface area contributed by atoms with Crippen LogP contribution < -0.4 is 20.1 Å². The molecule has 0 spiro atoms. The number of anilines is 1. The van der Waals surface area contributed by atoms with Crippen molar-refractivity contribution in [3.8, 4) is 11.5 Å². The lowest BCUT2D eigenvalue weighted by Crippen LogP contribution is -2.38. The summed E-state index contributed by atoms with van der Waals surface area (Å²) < 4.78 is 11.6. The second-order valence-electron chi connectivity index (χ2n) is 8.44. The first-order chi connectivity index (χ1) is 18.2. The highest BCUT2D eigenvalue weighted by Gasteiger charge is 2.35. The lowest BCUT2D eigenvalue weighted by atomic mass is 10.1. The predicted octanol–water partition coefficient (Wildman–Crippen LogP) is 5.81. The average molecular weight is 554 g/mol. The van der Waals surface area contributed by atoms with Crippen LogP contribution in [0.3, 0.4) is 0 Å². The van der Waals surface area contributed by atoms with Crippen molar-refractivity contribution in [2.24, 2.45) is 0 Å². The molecule has 0 aromatic heterocycles. The standard InChI is InChI=1S/C28H25Cl2N3O5/c1-3-37-24-14-18(12-22(30)26(24)38-16-19-8-4-5-10-21(19)29)13-23-27(35)33(28(36)32-23)15-25(34)31-20-9-6-7-17(2)11-20/h4-14H,3,15-16H2,1-2H3,(H,31,34)(H,32,36)/b23-13+. The number of benzene rings is 3.